The zero-order valence-corrected chi connectivity index (χ0v) is 11.9. The molecule has 0 aliphatic carbocycles. The van der Waals surface area contributed by atoms with Gasteiger partial charge < -0.3 is 16.2 Å². The van der Waals surface area contributed by atoms with Crippen LogP contribution in [0.2, 0.25) is 0 Å². The van der Waals surface area contributed by atoms with Gasteiger partial charge >= 0.3 is 0 Å². The number of rotatable bonds is 6. The number of aliphatic hydroxyl groups excluding tert-OH is 1. The summed E-state index contributed by atoms with van der Waals surface area (Å²) in [4.78, 5) is 14.1. The summed E-state index contributed by atoms with van der Waals surface area (Å²) in [5, 5.41) is 11.7. The first-order valence-electron chi connectivity index (χ1n) is 5.98. The number of para-hydroxylation sites is 1. The number of likely N-dealkylation sites (N-methyl/N-ethyl adjacent to an activating group) is 1. The molecule has 5 nitrogen and oxygen atoms in total. The molecule has 104 valence electrons. The van der Waals surface area contributed by atoms with Crippen LogP contribution >= 0.6 is 12.2 Å². The number of anilines is 1. The minimum absolute atomic E-state index is 0.0115. The van der Waals surface area contributed by atoms with Crippen molar-refractivity contribution < 1.29 is 9.90 Å². The van der Waals surface area contributed by atoms with Crippen molar-refractivity contribution in [2.75, 3.05) is 25.5 Å². The fourth-order valence-corrected chi connectivity index (χ4v) is 1.77. The maximum atomic E-state index is 12.1. The van der Waals surface area contributed by atoms with E-state index in [2.05, 4.69) is 5.32 Å². The number of hydrogen-bond acceptors (Lipinski definition) is 4. The standard InChI is InChI=1S/C13H19N3O2S/c1-9(16(2)7-8-17)13(18)15-11-6-4-3-5-10(11)12(14)19/h3-6,9,17H,7-8H2,1-2H3,(H2,14,19)(H,15,18). The molecule has 6 heteroatoms. The Morgan fingerprint density at radius 2 is 2.16 bits per heavy atom. The third kappa shape index (κ3) is 4.27. The van der Waals surface area contributed by atoms with Gasteiger partial charge in [0.2, 0.25) is 5.91 Å². The second-order valence-electron chi connectivity index (χ2n) is 4.28. The lowest BCUT2D eigenvalue weighted by atomic mass is 10.1. The molecule has 0 aliphatic heterocycles. The molecule has 0 radical (unpaired) electrons. The number of nitrogens with zero attached hydrogens (tertiary/aromatic N) is 1. The van der Waals surface area contributed by atoms with Crippen molar-refractivity contribution in [3.8, 4) is 0 Å². The van der Waals surface area contributed by atoms with E-state index in [1.54, 1.807) is 37.1 Å². The lowest BCUT2D eigenvalue weighted by molar-refractivity contribution is -0.120. The van der Waals surface area contributed by atoms with Gasteiger partial charge in [-0.05, 0) is 26.1 Å². The van der Waals surface area contributed by atoms with Crippen LogP contribution in [-0.2, 0) is 4.79 Å². The Labute approximate surface area is 118 Å². The van der Waals surface area contributed by atoms with E-state index in [1.807, 2.05) is 6.07 Å². The summed E-state index contributed by atoms with van der Waals surface area (Å²) in [6.07, 6.45) is 0. The topological polar surface area (TPSA) is 78.6 Å². The Balaban J connectivity index is 2.80. The Morgan fingerprint density at radius 3 is 2.74 bits per heavy atom. The smallest absolute Gasteiger partial charge is 0.241 e. The highest BCUT2D eigenvalue weighted by molar-refractivity contribution is 7.80. The van der Waals surface area contributed by atoms with Gasteiger partial charge in [0.25, 0.3) is 0 Å². The Hall–Kier alpha value is -1.50. The maximum Gasteiger partial charge on any atom is 0.241 e. The van der Waals surface area contributed by atoms with E-state index in [0.29, 0.717) is 17.8 Å². The van der Waals surface area contributed by atoms with Crippen LogP contribution in [0.4, 0.5) is 5.69 Å². The molecule has 0 spiro atoms. The number of aliphatic hydroxyl groups is 1. The Kier molecular flexibility index (Phi) is 5.88. The van der Waals surface area contributed by atoms with Gasteiger partial charge in [-0.15, -0.1) is 0 Å². The fraction of sp³-hybridized carbons (Fsp3) is 0.385. The summed E-state index contributed by atoms with van der Waals surface area (Å²) in [5.74, 6) is -0.167. The fourth-order valence-electron chi connectivity index (χ4n) is 1.60. The van der Waals surface area contributed by atoms with Gasteiger partial charge in [-0.2, -0.15) is 0 Å². The van der Waals surface area contributed by atoms with Gasteiger partial charge in [0.1, 0.15) is 4.99 Å². The van der Waals surface area contributed by atoms with E-state index < -0.39 is 0 Å². The van der Waals surface area contributed by atoms with Crippen LogP contribution in [0.15, 0.2) is 24.3 Å². The number of thiocarbonyl (C=S) groups is 1. The maximum absolute atomic E-state index is 12.1. The van der Waals surface area contributed by atoms with Gasteiger partial charge in [0.05, 0.1) is 18.3 Å². The van der Waals surface area contributed by atoms with Crippen LogP contribution in [-0.4, -0.2) is 47.1 Å². The third-order valence-electron chi connectivity index (χ3n) is 2.94. The monoisotopic (exact) mass is 281 g/mol. The van der Waals surface area contributed by atoms with Crippen LogP contribution in [0.25, 0.3) is 0 Å². The van der Waals surface area contributed by atoms with Gasteiger partial charge in [0.15, 0.2) is 0 Å². The minimum atomic E-state index is -0.355. The number of nitrogens with two attached hydrogens (primary N) is 1. The highest BCUT2D eigenvalue weighted by Gasteiger charge is 2.18. The van der Waals surface area contributed by atoms with Crippen LogP contribution in [0.1, 0.15) is 12.5 Å². The van der Waals surface area contributed by atoms with Crippen molar-refractivity contribution in [2.24, 2.45) is 5.73 Å². The molecule has 0 bridgehead atoms. The summed E-state index contributed by atoms with van der Waals surface area (Å²) in [6, 6.07) is 6.78. The van der Waals surface area contributed by atoms with Gasteiger partial charge in [-0.3, -0.25) is 9.69 Å². The first kappa shape index (κ1) is 15.6. The molecule has 1 rings (SSSR count). The molecule has 0 heterocycles. The summed E-state index contributed by atoms with van der Waals surface area (Å²) in [6.45, 7) is 2.22. The van der Waals surface area contributed by atoms with E-state index in [-0.39, 0.29) is 23.5 Å². The van der Waals surface area contributed by atoms with Crippen LogP contribution in [0.3, 0.4) is 0 Å². The highest BCUT2D eigenvalue weighted by Crippen LogP contribution is 2.15. The van der Waals surface area contributed by atoms with Crippen molar-refractivity contribution in [3.05, 3.63) is 29.8 Å². The lowest BCUT2D eigenvalue weighted by Gasteiger charge is -2.23. The van der Waals surface area contributed by atoms with Crippen molar-refractivity contribution in [2.45, 2.75) is 13.0 Å². The van der Waals surface area contributed by atoms with Crippen LogP contribution in [0, 0.1) is 0 Å². The average Bonchev–Trinajstić information content (AvgIpc) is 2.38. The van der Waals surface area contributed by atoms with Crippen LogP contribution in [0.5, 0.6) is 0 Å². The molecule has 19 heavy (non-hydrogen) atoms. The van der Waals surface area contributed by atoms with E-state index in [9.17, 15) is 4.79 Å². The van der Waals surface area contributed by atoms with Crippen molar-refractivity contribution in [3.63, 3.8) is 0 Å². The normalized spacial score (nSPS) is 12.2. The van der Waals surface area contributed by atoms with Gasteiger partial charge in [0, 0.05) is 12.1 Å². The summed E-state index contributed by atoms with van der Waals surface area (Å²) in [7, 11) is 1.78. The highest BCUT2D eigenvalue weighted by atomic mass is 32.1. The van der Waals surface area contributed by atoms with Gasteiger partial charge in [-0.25, -0.2) is 0 Å². The molecule has 0 saturated heterocycles. The van der Waals surface area contributed by atoms with Crippen molar-refractivity contribution in [1.82, 2.24) is 4.90 Å². The van der Waals surface area contributed by atoms with E-state index in [0.717, 1.165) is 0 Å². The first-order valence-corrected chi connectivity index (χ1v) is 6.39. The molecule has 0 saturated carbocycles. The number of amides is 1. The Bertz CT molecular complexity index is 465. The largest absolute Gasteiger partial charge is 0.395 e. The predicted molar refractivity (Wildman–Crippen MR) is 80.1 cm³/mol. The predicted octanol–water partition coefficient (Wildman–Crippen LogP) is 0.572. The number of carbonyl (C=O) groups is 1. The average molecular weight is 281 g/mol. The molecule has 0 aliphatic rings. The zero-order chi connectivity index (χ0) is 14.4. The zero-order valence-electron chi connectivity index (χ0n) is 11.1. The molecule has 1 atom stereocenters. The summed E-state index contributed by atoms with van der Waals surface area (Å²) < 4.78 is 0. The Morgan fingerprint density at radius 1 is 1.53 bits per heavy atom. The molecular weight excluding hydrogens is 262 g/mol. The van der Waals surface area contributed by atoms with Crippen LogP contribution < -0.4 is 11.1 Å². The van der Waals surface area contributed by atoms with Crippen molar-refractivity contribution >= 4 is 28.8 Å². The SMILES string of the molecule is CC(C(=O)Nc1ccccc1C(N)=S)N(C)CCO. The number of hydrogen-bond donors (Lipinski definition) is 3. The minimum Gasteiger partial charge on any atom is -0.395 e. The molecule has 1 aromatic carbocycles. The van der Waals surface area contributed by atoms with Crippen molar-refractivity contribution in [1.29, 1.82) is 0 Å². The molecule has 0 aromatic heterocycles. The quantitative estimate of drug-likeness (QED) is 0.665. The number of nitrogens with one attached hydrogen (secondary N) is 1. The van der Waals surface area contributed by atoms with E-state index in [1.165, 1.54) is 0 Å². The first-order chi connectivity index (χ1) is 8.97. The van der Waals surface area contributed by atoms with E-state index >= 15 is 0 Å². The molecule has 4 N–H and O–H groups in total. The molecule has 1 aromatic rings. The summed E-state index contributed by atoms with van der Waals surface area (Å²) in [5.41, 5.74) is 6.85. The molecule has 0 fully saturated rings. The lowest BCUT2D eigenvalue weighted by Crippen LogP contribution is -2.41. The number of carbonyl (C=O) groups excluding carboxylic acids is 1. The molecule has 1 amide bonds. The number of benzene rings is 1. The molecular formula is C13H19N3O2S. The second-order valence-corrected chi connectivity index (χ2v) is 4.72. The van der Waals surface area contributed by atoms with E-state index in [4.69, 9.17) is 23.1 Å². The molecule has 1 unspecified atom stereocenters. The van der Waals surface area contributed by atoms with Gasteiger partial charge in [-0.1, -0.05) is 24.4 Å². The summed E-state index contributed by atoms with van der Waals surface area (Å²) >= 11 is 4.94. The second kappa shape index (κ2) is 7.18. The third-order valence-corrected chi connectivity index (χ3v) is 3.16.